The topological polar surface area (TPSA) is 79.8 Å². The number of carbonyl (C=O) groups excluding carboxylic acids is 2. The molecule has 3 aromatic carbocycles. The number of ether oxygens (including phenoxy) is 1. The van der Waals surface area contributed by atoms with Crippen molar-refractivity contribution in [3.63, 3.8) is 0 Å². The summed E-state index contributed by atoms with van der Waals surface area (Å²) < 4.78 is 5.34. The number of fused-ring (bicyclic) bond motifs is 1. The van der Waals surface area contributed by atoms with Crippen LogP contribution in [-0.4, -0.2) is 24.1 Å². The molecule has 28 heavy (non-hydrogen) atoms. The molecular weight excluding hydrogens is 354 g/mol. The first-order valence-corrected chi connectivity index (χ1v) is 8.94. The summed E-state index contributed by atoms with van der Waals surface area (Å²) in [4.78, 5) is 24.0. The summed E-state index contributed by atoms with van der Waals surface area (Å²) in [5.74, 6) is -0.936. The molecule has 2 amide bonds. The molecule has 0 saturated heterocycles. The summed E-state index contributed by atoms with van der Waals surface area (Å²) in [6.45, 7) is 4.22. The minimum Gasteiger partial charge on any atom is -0.494 e. The van der Waals surface area contributed by atoms with Crippen LogP contribution in [0.1, 0.15) is 19.4 Å². The van der Waals surface area contributed by atoms with Crippen molar-refractivity contribution >= 4 is 34.0 Å². The van der Waals surface area contributed by atoms with Crippen LogP contribution in [0, 0.1) is 0 Å². The van der Waals surface area contributed by atoms with Gasteiger partial charge in [-0.15, -0.1) is 0 Å². The van der Waals surface area contributed by atoms with Gasteiger partial charge in [-0.3, -0.25) is 9.59 Å². The zero-order valence-corrected chi connectivity index (χ0v) is 15.7. The van der Waals surface area contributed by atoms with Gasteiger partial charge in [-0.2, -0.15) is 5.10 Å². The fraction of sp³-hybridized carbons (Fsp3) is 0.136. The Bertz CT molecular complexity index is 1030. The Kier molecular flexibility index (Phi) is 6.01. The minimum atomic E-state index is -0.839. The lowest BCUT2D eigenvalue weighted by Crippen LogP contribution is -2.32. The molecule has 3 aromatic rings. The van der Waals surface area contributed by atoms with Gasteiger partial charge in [0.15, 0.2) is 0 Å². The summed E-state index contributed by atoms with van der Waals surface area (Å²) in [5, 5.41) is 8.76. The van der Waals surface area contributed by atoms with Crippen LogP contribution in [0.5, 0.6) is 5.75 Å². The number of hydrogen-bond donors (Lipinski definition) is 2. The van der Waals surface area contributed by atoms with Gasteiger partial charge in [-0.1, -0.05) is 36.4 Å². The molecule has 0 aliphatic rings. The zero-order valence-electron chi connectivity index (χ0n) is 15.7. The van der Waals surface area contributed by atoms with Crippen LogP contribution in [-0.2, 0) is 9.59 Å². The molecule has 0 unspecified atom stereocenters. The molecule has 0 aliphatic heterocycles. The molecule has 3 rings (SSSR count). The van der Waals surface area contributed by atoms with E-state index in [9.17, 15) is 9.59 Å². The summed E-state index contributed by atoms with van der Waals surface area (Å²) >= 11 is 0. The lowest BCUT2D eigenvalue weighted by molar-refractivity contribution is -0.136. The molecular formula is C22H21N3O3. The molecule has 2 N–H and O–H groups in total. The van der Waals surface area contributed by atoms with Crippen molar-refractivity contribution < 1.29 is 14.3 Å². The Morgan fingerprint density at radius 3 is 2.36 bits per heavy atom. The Morgan fingerprint density at radius 2 is 1.64 bits per heavy atom. The number of amides is 2. The summed E-state index contributed by atoms with van der Waals surface area (Å²) in [6, 6.07) is 20.7. The second-order valence-corrected chi connectivity index (χ2v) is 6.11. The van der Waals surface area contributed by atoms with Crippen molar-refractivity contribution in [2.75, 3.05) is 11.9 Å². The quantitative estimate of drug-likeness (QED) is 0.405. The molecule has 0 bridgehead atoms. The van der Waals surface area contributed by atoms with Gasteiger partial charge >= 0.3 is 11.8 Å². The number of nitrogens with one attached hydrogen (secondary N) is 2. The van der Waals surface area contributed by atoms with Crippen LogP contribution in [0.15, 0.2) is 71.8 Å². The van der Waals surface area contributed by atoms with Gasteiger partial charge in [0.25, 0.3) is 0 Å². The summed E-state index contributed by atoms with van der Waals surface area (Å²) in [6.07, 6.45) is 0. The van der Waals surface area contributed by atoms with Crippen molar-refractivity contribution in [1.82, 2.24) is 5.43 Å². The van der Waals surface area contributed by atoms with E-state index >= 15 is 0 Å². The van der Waals surface area contributed by atoms with E-state index in [1.165, 1.54) is 0 Å². The number of rotatable bonds is 5. The normalized spacial score (nSPS) is 11.1. The number of hydrazone groups is 1. The van der Waals surface area contributed by atoms with Crippen molar-refractivity contribution in [2.24, 2.45) is 5.10 Å². The van der Waals surface area contributed by atoms with E-state index in [4.69, 9.17) is 4.74 Å². The minimum absolute atomic E-state index is 0.499. The second kappa shape index (κ2) is 8.81. The molecule has 0 fully saturated rings. The van der Waals surface area contributed by atoms with Crippen LogP contribution < -0.4 is 15.5 Å². The fourth-order valence-corrected chi connectivity index (χ4v) is 2.65. The molecule has 0 aromatic heterocycles. The maximum absolute atomic E-state index is 12.0. The first-order chi connectivity index (χ1) is 13.6. The highest BCUT2D eigenvalue weighted by Crippen LogP contribution is 2.17. The molecule has 0 aliphatic carbocycles. The van der Waals surface area contributed by atoms with E-state index in [1.54, 1.807) is 31.2 Å². The Morgan fingerprint density at radius 1 is 0.929 bits per heavy atom. The predicted octanol–water partition coefficient (Wildman–Crippen LogP) is 3.72. The van der Waals surface area contributed by atoms with E-state index in [-0.39, 0.29) is 0 Å². The van der Waals surface area contributed by atoms with Gasteiger partial charge in [0.1, 0.15) is 5.75 Å². The Hall–Kier alpha value is -3.67. The number of anilines is 1. The predicted molar refractivity (Wildman–Crippen MR) is 111 cm³/mol. The van der Waals surface area contributed by atoms with Crippen LogP contribution in [0.3, 0.4) is 0 Å². The van der Waals surface area contributed by atoms with Gasteiger partial charge < -0.3 is 10.1 Å². The smallest absolute Gasteiger partial charge is 0.329 e. The first kappa shape index (κ1) is 19.1. The monoisotopic (exact) mass is 375 g/mol. The maximum Gasteiger partial charge on any atom is 0.329 e. The molecule has 0 saturated carbocycles. The maximum atomic E-state index is 12.0. The molecule has 6 heteroatoms. The lowest BCUT2D eigenvalue weighted by atomic mass is 10.0. The third kappa shape index (κ3) is 4.73. The van der Waals surface area contributed by atoms with Crippen molar-refractivity contribution in [1.29, 1.82) is 0 Å². The number of carbonyl (C=O) groups is 2. The zero-order chi connectivity index (χ0) is 19.9. The second-order valence-electron chi connectivity index (χ2n) is 6.11. The highest BCUT2D eigenvalue weighted by atomic mass is 16.5. The number of benzene rings is 3. The number of hydrogen-bond acceptors (Lipinski definition) is 4. The lowest BCUT2D eigenvalue weighted by Gasteiger charge is -2.07. The van der Waals surface area contributed by atoms with E-state index < -0.39 is 11.8 Å². The fourth-order valence-electron chi connectivity index (χ4n) is 2.65. The van der Waals surface area contributed by atoms with E-state index in [2.05, 4.69) is 15.8 Å². The highest BCUT2D eigenvalue weighted by molar-refractivity contribution is 6.39. The molecule has 6 nitrogen and oxygen atoms in total. The van der Waals surface area contributed by atoms with Crippen LogP contribution in [0.2, 0.25) is 0 Å². The standard InChI is InChI=1S/C22H21N3O3/c1-3-28-20-12-10-19(11-13-20)23-21(26)22(27)25-24-15(2)17-9-8-16-6-4-5-7-18(16)14-17/h4-14H,3H2,1-2H3,(H,23,26)(H,25,27)/b24-15-. The third-order valence-corrected chi connectivity index (χ3v) is 4.12. The van der Waals surface area contributed by atoms with Crippen LogP contribution >= 0.6 is 0 Å². The molecule has 0 heterocycles. The van der Waals surface area contributed by atoms with Crippen molar-refractivity contribution in [3.05, 3.63) is 72.3 Å². The van der Waals surface area contributed by atoms with Crippen LogP contribution in [0.4, 0.5) is 5.69 Å². The average molecular weight is 375 g/mol. The molecule has 0 spiro atoms. The summed E-state index contributed by atoms with van der Waals surface area (Å²) in [7, 11) is 0. The third-order valence-electron chi connectivity index (χ3n) is 4.12. The van der Waals surface area contributed by atoms with Gasteiger partial charge in [-0.25, -0.2) is 5.43 Å². The average Bonchev–Trinajstić information content (AvgIpc) is 2.73. The summed E-state index contributed by atoms with van der Waals surface area (Å²) in [5.41, 5.74) is 4.26. The highest BCUT2D eigenvalue weighted by Gasteiger charge is 2.13. The molecule has 142 valence electrons. The van der Waals surface area contributed by atoms with E-state index in [0.717, 1.165) is 16.3 Å². The van der Waals surface area contributed by atoms with Gasteiger partial charge in [0.2, 0.25) is 0 Å². The SMILES string of the molecule is CCOc1ccc(NC(=O)C(=O)N/N=C(/C)c2ccc3ccccc3c2)cc1. The van der Waals surface area contributed by atoms with Gasteiger partial charge in [-0.05, 0) is 60.5 Å². The molecule has 0 atom stereocenters. The van der Waals surface area contributed by atoms with Crippen LogP contribution in [0.25, 0.3) is 10.8 Å². The van der Waals surface area contributed by atoms with E-state index in [1.807, 2.05) is 49.4 Å². The van der Waals surface area contributed by atoms with Gasteiger partial charge in [0, 0.05) is 5.69 Å². The van der Waals surface area contributed by atoms with Gasteiger partial charge in [0.05, 0.1) is 12.3 Å². The largest absolute Gasteiger partial charge is 0.494 e. The van der Waals surface area contributed by atoms with Crippen molar-refractivity contribution in [3.8, 4) is 5.75 Å². The Labute approximate surface area is 163 Å². The molecule has 0 radical (unpaired) electrons. The first-order valence-electron chi connectivity index (χ1n) is 8.94. The Balaban J connectivity index is 1.61. The van der Waals surface area contributed by atoms with Crippen molar-refractivity contribution in [2.45, 2.75) is 13.8 Å². The number of nitrogens with zero attached hydrogens (tertiary/aromatic N) is 1. The van der Waals surface area contributed by atoms with E-state index in [0.29, 0.717) is 23.8 Å².